The van der Waals surface area contributed by atoms with Crippen LogP contribution < -0.4 is 0 Å². The Morgan fingerprint density at radius 1 is 1.44 bits per heavy atom. The van der Waals surface area contributed by atoms with Crippen LogP contribution in [0.15, 0.2) is 29.4 Å². The smallest absolute Gasteiger partial charge is 0.313 e. The third-order valence-electron chi connectivity index (χ3n) is 5.58. The number of carbonyl (C=O) groups excluding carboxylic acids is 1. The molecule has 2 heterocycles. The maximum atomic E-state index is 14.1. The van der Waals surface area contributed by atoms with E-state index in [1.54, 1.807) is 18.2 Å². The summed E-state index contributed by atoms with van der Waals surface area (Å²) in [5, 5.41) is 4.12. The third-order valence-corrected chi connectivity index (χ3v) is 5.58. The molecule has 1 aromatic rings. The van der Waals surface area contributed by atoms with E-state index in [2.05, 4.69) is 23.9 Å². The highest BCUT2D eigenvalue weighted by Crippen LogP contribution is 2.39. The average Bonchev–Trinajstić information content (AvgIpc) is 3.10. The summed E-state index contributed by atoms with van der Waals surface area (Å²) >= 11 is 0. The summed E-state index contributed by atoms with van der Waals surface area (Å²) in [6, 6.07) is 6.95. The van der Waals surface area contributed by atoms with Crippen LogP contribution in [-0.4, -0.2) is 48.4 Å². The van der Waals surface area contributed by atoms with Gasteiger partial charge < -0.3 is 9.57 Å². The number of hydrogen-bond acceptors (Lipinski definition) is 5. The number of piperidine rings is 1. The predicted molar refractivity (Wildman–Crippen MR) is 102 cm³/mol. The van der Waals surface area contributed by atoms with E-state index in [0.717, 1.165) is 19.4 Å². The first kappa shape index (κ1) is 19.8. The number of rotatable bonds is 6. The highest BCUT2D eigenvalue weighted by atomic mass is 19.1. The Morgan fingerprint density at radius 2 is 2.22 bits per heavy atom. The van der Waals surface area contributed by atoms with Crippen LogP contribution in [0, 0.1) is 11.2 Å². The van der Waals surface area contributed by atoms with Crippen molar-refractivity contribution in [1.82, 2.24) is 4.90 Å². The van der Waals surface area contributed by atoms with Gasteiger partial charge in [0.1, 0.15) is 11.9 Å². The van der Waals surface area contributed by atoms with Crippen molar-refractivity contribution in [2.45, 2.75) is 58.6 Å². The Bertz CT molecular complexity index is 706. The van der Waals surface area contributed by atoms with Crippen molar-refractivity contribution in [3.8, 4) is 0 Å². The van der Waals surface area contributed by atoms with E-state index in [0.29, 0.717) is 43.3 Å². The van der Waals surface area contributed by atoms with Gasteiger partial charge in [0.15, 0.2) is 0 Å². The lowest BCUT2D eigenvalue weighted by Gasteiger charge is -2.43. The van der Waals surface area contributed by atoms with Crippen molar-refractivity contribution in [1.29, 1.82) is 0 Å². The highest BCUT2D eigenvalue weighted by molar-refractivity contribution is 6.01. The molecule has 27 heavy (non-hydrogen) atoms. The van der Waals surface area contributed by atoms with Crippen LogP contribution in [0.2, 0.25) is 0 Å². The van der Waals surface area contributed by atoms with E-state index in [1.165, 1.54) is 6.07 Å². The molecular weight excluding hydrogens is 347 g/mol. The van der Waals surface area contributed by atoms with Gasteiger partial charge in [-0.05, 0) is 46.2 Å². The quantitative estimate of drug-likeness (QED) is 0.710. The molecule has 0 spiro atoms. The second-order valence-corrected chi connectivity index (χ2v) is 7.82. The van der Waals surface area contributed by atoms with Gasteiger partial charge in [-0.25, -0.2) is 4.39 Å². The van der Waals surface area contributed by atoms with E-state index in [-0.39, 0.29) is 17.9 Å². The molecule has 0 amide bonds. The van der Waals surface area contributed by atoms with Crippen LogP contribution in [0.4, 0.5) is 4.39 Å². The van der Waals surface area contributed by atoms with Crippen LogP contribution >= 0.6 is 0 Å². The normalized spacial score (nSPS) is 26.0. The first-order valence-electron chi connectivity index (χ1n) is 9.84. The minimum atomic E-state index is -0.594. The highest BCUT2D eigenvalue weighted by Gasteiger charge is 2.47. The lowest BCUT2D eigenvalue weighted by Crippen LogP contribution is -2.52. The Balaban J connectivity index is 1.74. The Hall–Kier alpha value is -1.95. The lowest BCUT2D eigenvalue weighted by atomic mass is 9.74. The molecule has 2 aliphatic heterocycles. The predicted octanol–water partition coefficient (Wildman–Crippen LogP) is 3.76. The fourth-order valence-corrected chi connectivity index (χ4v) is 4.14. The Kier molecular flexibility index (Phi) is 6.15. The molecule has 0 bridgehead atoms. The number of nitrogens with zero attached hydrogens (tertiary/aromatic N) is 2. The largest absolute Gasteiger partial charge is 0.466 e. The molecule has 2 unspecified atom stereocenters. The SMILES string of the molecule is CCOC(=O)C1(CC2CC(c3ccccc3F)=NO2)CCCN(C(C)C)C1. The molecule has 0 radical (unpaired) electrons. The monoisotopic (exact) mass is 376 g/mol. The van der Waals surface area contributed by atoms with E-state index < -0.39 is 5.41 Å². The van der Waals surface area contributed by atoms with Gasteiger partial charge in [0.05, 0.1) is 17.7 Å². The van der Waals surface area contributed by atoms with Gasteiger partial charge in [-0.2, -0.15) is 0 Å². The number of ether oxygens (including phenoxy) is 1. The second-order valence-electron chi connectivity index (χ2n) is 7.82. The molecule has 1 saturated heterocycles. The summed E-state index contributed by atoms with van der Waals surface area (Å²) in [7, 11) is 0. The van der Waals surface area contributed by atoms with Gasteiger partial charge in [-0.3, -0.25) is 9.69 Å². The van der Waals surface area contributed by atoms with Gasteiger partial charge in [0, 0.05) is 31.0 Å². The molecule has 2 aliphatic rings. The molecule has 0 aromatic heterocycles. The van der Waals surface area contributed by atoms with Gasteiger partial charge in [-0.15, -0.1) is 0 Å². The number of oxime groups is 1. The standard InChI is InChI=1S/C21H29FN2O3/c1-4-26-20(25)21(10-7-11-24(14-21)15(2)3)13-16-12-19(23-27-16)17-8-5-6-9-18(17)22/h5-6,8-9,15-16H,4,7,10-14H2,1-3H3. The average molecular weight is 376 g/mol. The van der Waals surface area contributed by atoms with Crippen molar-refractivity contribution < 1.29 is 18.8 Å². The van der Waals surface area contributed by atoms with Crippen molar-refractivity contribution in [3.63, 3.8) is 0 Å². The van der Waals surface area contributed by atoms with E-state index >= 15 is 0 Å². The fourth-order valence-electron chi connectivity index (χ4n) is 4.14. The van der Waals surface area contributed by atoms with Crippen LogP contribution in [0.3, 0.4) is 0 Å². The number of carbonyl (C=O) groups is 1. The second kappa shape index (κ2) is 8.38. The van der Waals surface area contributed by atoms with E-state index in [4.69, 9.17) is 9.57 Å². The lowest BCUT2D eigenvalue weighted by molar-refractivity contribution is -0.162. The molecule has 148 valence electrons. The van der Waals surface area contributed by atoms with E-state index in [1.807, 2.05) is 6.92 Å². The maximum absolute atomic E-state index is 14.1. The van der Waals surface area contributed by atoms with Gasteiger partial charge in [0.2, 0.25) is 0 Å². The van der Waals surface area contributed by atoms with Crippen LogP contribution in [0.5, 0.6) is 0 Å². The van der Waals surface area contributed by atoms with Crippen molar-refractivity contribution >= 4 is 11.7 Å². The third kappa shape index (κ3) is 4.32. The molecule has 3 rings (SSSR count). The van der Waals surface area contributed by atoms with Crippen molar-refractivity contribution in [3.05, 3.63) is 35.6 Å². The van der Waals surface area contributed by atoms with Crippen LogP contribution in [0.1, 0.15) is 52.0 Å². The molecule has 0 saturated carbocycles. The molecule has 5 nitrogen and oxygen atoms in total. The Labute approximate surface area is 160 Å². The van der Waals surface area contributed by atoms with Gasteiger partial charge in [-0.1, -0.05) is 23.4 Å². The number of likely N-dealkylation sites (tertiary alicyclic amines) is 1. The summed E-state index contributed by atoms with van der Waals surface area (Å²) < 4.78 is 19.5. The molecule has 2 atom stereocenters. The zero-order valence-corrected chi connectivity index (χ0v) is 16.4. The molecule has 0 N–H and O–H groups in total. The van der Waals surface area contributed by atoms with Gasteiger partial charge >= 0.3 is 5.97 Å². The molecule has 1 aromatic carbocycles. The molecule has 6 heteroatoms. The summed E-state index contributed by atoms with van der Waals surface area (Å²) in [5.74, 6) is -0.456. The summed E-state index contributed by atoms with van der Waals surface area (Å²) in [4.78, 5) is 20.8. The first-order valence-corrected chi connectivity index (χ1v) is 9.84. The Morgan fingerprint density at radius 3 is 2.93 bits per heavy atom. The van der Waals surface area contributed by atoms with Crippen molar-refractivity contribution in [2.24, 2.45) is 10.6 Å². The molecular formula is C21H29FN2O3. The number of esters is 1. The minimum absolute atomic E-state index is 0.154. The zero-order chi connectivity index (χ0) is 19.4. The first-order chi connectivity index (χ1) is 12.9. The number of hydrogen-bond donors (Lipinski definition) is 0. The van der Waals surface area contributed by atoms with Gasteiger partial charge in [0.25, 0.3) is 0 Å². The summed E-state index contributed by atoms with van der Waals surface area (Å²) in [6.07, 6.45) is 2.53. The fraction of sp³-hybridized carbons (Fsp3) is 0.619. The number of benzene rings is 1. The summed E-state index contributed by atoms with van der Waals surface area (Å²) in [6.45, 7) is 8.14. The zero-order valence-electron chi connectivity index (χ0n) is 16.4. The minimum Gasteiger partial charge on any atom is -0.466 e. The topological polar surface area (TPSA) is 51.1 Å². The molecule has 0 aliphatic carbocycles. The maximum Gasteiger partial charge on any atom is 0.313 e. The molecule has 1 fully saturated rings. The van der Waals surface area contributed by atoms with Crippen LogP contribution in [-0.2, 0) is 14.4 Å². The van der Waals surface area contributed by atoms with Crippen LogP contribution in [0.25, 0.3) is 0 Å². The van der Waals surface area contributed by atoms with E-state index in [9.17, 15) is 9.18 Å². The number of halogens is 1. The summed E-state index contributed by atoms with van der Waals surface area (Å²) in [5.41, 5.74) is 0.481. The van der Waals surface area contributed by atoms with Crippen molar-refractivity contribution in [2.75, 3.05) is 19.7 Å².